The zero-order valence-electron chi connectivity index (χ0n) is 20.4. The Bertz CT molecular complexity index is 1390. The molecule has 3 aliphatic heterocycles. The average molecular weight is 505 g/mol. The van der Waals surface area contributed by atoms with Gasteiger partial charge in [0, 0.05) is 34.7 Å². The molecular formula is C26H28N6O3S. The van der Waals surface area contributed by atoms with Crippen molar-refractivity contribution < 1.29 is 14.4 Å². The van der Waals surface area contributed by atoms with Crippen molar-refractivity contribution in [2.24, 2.45) is 0 Å². The molecule has 10 heteroatoms. The fourth-order valence-corrected chi connectivity index (χ4v) is 6.58. The maximum atomic E-state index is 12.9. The van der Waals surface area contributed by atoms with Gasteiger partial charge in [-0.25, -0.2) is 24.8 Å². The smallest absolute Gasteiger partial charge is 0.299 e. The number of nitrogens with one attached hydrogen (secondary N) is 1. The molecule has 5 heterocycles. The van der Waals surface area contributed by atoms with Crippen LogP contribution in [0.15, 0.2) is 24.5 Å². The number of hydrogen-bond acceptors (Lipinski definition) is 7. The minimum Gasteiger partial charge on any atom is -0.299 e. The lowest BCUT2D eigenvalue weighted by Crippen LogP contribution is -2.56. The van der Waals surface area contributed by atoms with E-state index in [9.17, 15) is 14.4 Å². The summed E-state index contributed by atoms with van der Waals surface area (Å²) in [6, 6.07) is 5.42. The zero-order valence-corrected chi connectivity index (χ0v) is 21.2. The Morgan fingerprint density at radius 3 is 2.64 bits per heavy atom. The number of hydrogen-bond donors (Lipinski definition) is 1. The van der Waals surface area contributed by atoms with Crippen molar-refractivity contribution in [3.05, 3.63) is 57.4 Å². The van der Waals surface area contributed by atoms with Crippen LogP contribution in [0.2, 0.25) is 0 Å². The fraction of sp³-hybridized carbons (Fsp3) is 0.423. The van der Waals surface area contributed by atoms with Crippen LogP contribution in [0.1, 0.15) is 62.8 Å². The van der Waals surface area contributed by atoms with Crippen LogP contribution in [0.5, 0.6) is 0 Å². The number of hydrazine groups is 1. The third-order valence-electron chi connectivity index (χ3n) is 7.65. The van der Waals surface area contributed by atoms with Gasteiger partial charge >= 0.3 is 6.03 Å². The number of fused-ring (bicyclic) bond motifs is 2. The molecule has 0 radical (unpaired) electrons. The highest BCUT2D eigenvalue weighted by Crippen LogP contribution is 2.37. The van der Waals surface area contributed by atoms with Crippen molar-refractivity contribution in [3.63, 3.8) is 0 Å². The van der Waals surface area contributed by atoms with Gasteiger partial charge in [-0.3, -0.25) is 19.8 Å². The first-order valence-electron chi connectivity index (χ1n) is 12.4. The van der Waals surface area contributed by atoms with Gasteiger partial charge in [0.1, 0.15) is 11.2 Å². The van der Waals surface area contributed by atoms with Crippen LogP contribution in [0.4, 0.5) is 4.79 Å². The van der Waals surface area contributed by atoms with Gasteiger partial charge in [-0.1, -0.05) is 12.1 Å². The lowest BCUT2D eigenvalue weighted by atomic mass is 9.90. The maximum absolute atomic E-state index is 12.9. The van der Waals surface area contributed by atoms with Crippen LogP contribution in [0.3, 0.4) is 0 Å². The van der Waals surface area contributed by atoms with Crippen molar-refractivity contribution in [1.29, 1.82) is 0 Å². The number of urea groups is 1. The fourth-order valence-electron chi connectivity index (χ4n) is 5.58. The molecule has 0 saturated carbocycles. The van der Waals surface area contributed by atoms with E-state index in [1.807, 2.05) is 12.1 Å². The van der Waals surface area contributed by atoms with Crippen LogP contribution in [-0.2, 0) is 17.9 Å². The Hall–Kier alpha value is -3.37. The van der Waals surface area contributed by atoms with Crippen molar-refractivity contribution in [1.82, 2.24) is 30.2 Å². The second-order valence-corrected chi connectivity index (χ2v) is 11.1. The SMILES string of the molecule is Cc1sc2ncnc(C3CCN(Cc4ccc5c(c4)CN(N4CCC(=O)NC4=O)C5=O)CC3)c2c1C. The molecular weight excluding hydrogens is 476 g/mol. The minimum atomic E-state index is -0.538. The molecule has 9 nitrogen and oxygen atoms in total. The number of benzene rings is 1. The van der Waals surface area contributed by atoms with Crippen LogP contribution in [0.25, 0.3) is 10.2 Å². The lowest BCUT2D eigenvalue weighted by Gasteiger charge is -2.33. The number of aryl methyl sites for hydroxylation is 2. The number of imide groups is 1. The summed E-state index contributed by atoms with van der Waals surface area (Å²) in [4.78, 5) is 50.7. The number of nitrogens with zero attached hydrogens (tertiary/aromatic N) is 5. The first kappa shape index (κ1) is 23.1. The normalized spacial score (nSPS) is 19.3. The summed E-state index contributed by atoms with van der Waals surface area (Å²) in [6.45, 7) is 7.68. The number of thiophene rings is 1. The Kier molecular flexibility index (Phi) is 5.72. The van der Waals surface area contributed by atoms with E-state index < -0.39 is 6.03 Å². The van der Waals surface area contributed by atoms with E-state index in [1.54, 1.807) is 17.7 Å². The van der Waals surface area contributed by atoms with Gasteiger partial charge in [0.15, 0.2) is 0 Å². The van der Waals surface area contributed by atoms with E-state index in [2.05, 4.69) is 35.1 Å². The molecule has 3 aliphatic rings. The zero-order chi connectivity index (χ0) is 25.0. The molecule has 36 heavy (non-hydrogen) atoms. The molecule has 2 fully saturated rings. The third-order valence-corrected chi connectivity index (χ3v) is 8.77. The second-order valence-electron chi connectivity index (χ2n) is 9.85. The van der Waals surface area contributed by atoms with Crippen molar-refractivity contribution >= 4 is 39.4 Å². The highest BCUT2D eigenvalue weighted by Gasteiger charge is 2.37. The summed E-state index contributed by atoms with van der Waals surface area (Å²) in [5, 5.41) is 6.32. The van der Waals surface area contributed by atoms with E-state index in [0.29, 0.717) is 18.0 Å². The predicted octanol–water partition coefficient (Wildman–Crippen LogP) is 3.50. The number of likely N-dealkylation sites (tertiary alicyclic amines) is 1. The molecule has 0 bridgehead atoms. The van der Waals surface area contributed by atoms with Crippen molar-refractivity contribution in [2.45, 2.75) is 52.1 Å². The molecule has 2 aromatic heterocycles. The van der Waals surface area contributed by atoms with E-state index in [0.717, 1.165) is 48.4 Å². The monoisotopic (exact) mass is 504 g/mol. The summed E-state index contributed by atoms with van der Waals surface area (Å²) < 4.78 is 0. The summed E-state index contributed by atoms with van der Waals surface area (Å²) >= 11 is 1.75. The summed E-state index contributed by atoms with van der Waals surface area (Å²) in [5.41, 5.74) is 5.21. The van der Waals surface area contributed by atoms with Crippen molar-refractivity contribution in [3.8, 4) is 0 Å². The number of piperidine rings is 1. The molecule has 3 aromatic rings. The number of amides is 4. The molecule has 6 rings (SSSR count). The molecule has 2 saturated heterocycles. The number of carbonyl (C=O) groups is 3. The standard InChI is InChI=1S/C26H28N6O3S/c1-15-16(2)36-24-22(15)23(27-14-28-24)18-5-8-30(9-6-18)12-17-3-4-20-19(11-17)13-32(25(20)34)31-10-7-21(33)29-26(31)35/h3-4,11,14,18H,5-10,12-13H2,1-2H3,(H,29,33,35). The highest BCUT2D eigenvalue weighted by molar-refractivity contribution is 7.18. The molecule has 0 spiro atoms. The molecule has 0 unspecified atom stereocenters. The van der Waals surface area contributed by atoms with Crippen LogP contribution in [0, 0.1) is 13.8 Å². The van der Waals surface area contributed by atoms with Gasteiger partial charge < -0.3 is 0 Å². The summed E-state index contributed by atoms with van der Waals surface area (Å²) in [6.07, 6.45) is 4.01. The minimum absolute atomic E-state index is 0.194. The average Bonchev–Trinajstić information content (AvgIpc) is 3.35. The van der Waals surface area contributed by atoms with Crippen LogP contribution in [-0.4, -0.2) is 62.4 Å². The van der Waals surface area contributed by atoms with Gasteiger partial charge in [0.25, 0.3) is 5.91 Å². The highest BCUT2D eigenvalue weighted by atomic mass is 32.1. The van der Waals surface area contributed by atoms with E-state index >= 15 is 0 Å². The number of carbonyl (C=O) groups excluding carboxylic acids is 3. The van der Waals surface area contributed by atoms with Crippen LogP contribution < -0.4 is 5.32 Å². The predicted molar refractivity (Wildman–Crippen MR) is 135 cm³/mol. The van der Waals surface area contributed by atoms with Gasteiger partial charge in [0.05, 0.1) is 18.8 Å². The first-order valence-corrected chi connectivity index (χ1v) is 13.2. The van der Waals surface area contributed by atoms with Crippen LogP contribution >= 0.6 is 11.3 Å². The van der Waals surface area contributed by atoms with Crippen molar-refractivity contribution in [2.75, 3.05) is 19.6 Å². The molecule has 1 N–H and O–H groups in total. The van der Waals surface area contributed by atoms with E-state index in [1.165, 1.54) is 31.5 Å². The van der Waals surface area contributed by atoms with Gasteiger partial charge in [-0.15, -0.1) is 11.3 Å². The molecule has 1 aromatic carbocycles. The quantitative estimate of drug-likeness (QED) is 0.584. The van der Waals surface area contributed by atoms with Gasteiger partial charge in [-0.2, -0.15) is 0 Å². The van der Waals surface area contributed by atoms with E-state index in [-0.39, 0.29) is 24.8 Å². The molecule has 186 valence electrons. The molecule has 4 amide bonds. The number of rotatable bonds is 4. The third kappa shape index (κ3) is 3.94. The molecule has 0 atom stereocenters. The maximum Gasteiger partial charge on any atom is 0.342 e. The van der Waals surface area contributed by atoms with E-state index in [4.69, 9.17) is 4.98 Å². The Labute approximate surface area is 213 Å². The topological polar surface area (TPSA) is 98.7 Å². The largest absolute Gasteiger partial charge is 0.342 e. The Morgan fingerprint density at radius 1 is 1.06 bits per heavy atom. The lowest BCUT2D eigenvalue weighted by molar-refractivity contribution is -0.123. The number of aromatic nitrogens is 2. The van der Waals surface area contributed by atoms with Gasteiger partial charge in [-0.05, 0) is 62.5 Å². The summed E-state index contributed by atoms with van der Waals surface area (Å²) in [5.74, 6) is -0.0682. The Balaban J connectivity index is 1.11. The Morgan fingerprint density at radius 2 is 1.86 bits per heavy atom. The first-order chi connectivity index (χ1) is 17.4. The summed E-state index contributed by atoms with van der Waals surface area (Å²) in [7, 11) is 0. The second kappa shape index (κ2) is 8.94. The molecule has 0 aliphatic carbocycles. The van der Waals surface area contributed by atoms with Gasteiger partial charge in [0.2, 0.25) is 5.91 Å².